The van der Waals surface area contributed by atoms with Crippen molar-refractivity contribution in [2.45, 2.75) is 32.2 Å². The van der Waals surface area contributed by atoms with Crippen molar-refractivity contribution in [1.82, 2.24) is 9.80 Å². The fourth-order valence-electron chi connectivity index (χ4n) is 3.44. The summed E-state index contributed by atoms with van der Waals surface area (Å²) in [6.45, 7) is 5.09. The van der Waals surface area contributed by atoms with Crippen molar-refractivity contribution in [3.63, 3.8) is 0 Å². The van der Waals surface area contributed by atoms with E-state index in [9.17, 15) is 14.0 Å². The third-order valence-electron chi connectivity index (χ3n) is 4.97. The van der Waals surface area contributed by atoms with E-state index in [1.54, 1.807) is 17.0 Å². The Morgan fingerprint density at radius 1 is 1.17 bits per heavy atom. The standard InChI is InChI=1S/C18H24FN3O2/c1-14-3-8-17(23)22(14)13-18(24)21-10-2-9-20(11-12-21)16-6-4-15(19)5-7-16/h4-7,14H,2-3,8-13H2,1H3. The fraction of sp³-hybridized carbons (Fsp3) is 0.556. The van der Waals surface area contributed by atoms with Gasteiger partial charge in [0.2, 0.25) is 11.8 Å². The van der Waals surface area contributed by atoms with Gasteiger partial charge in [0.05, 0.1) is 6.54 Å². The zero-order valence-corrected chi connectivity index (χ0v) is 14.1. The van der Waals surface area contributed by atoms with Crippen molar-refractivity contribution in [1.29, 1.82) is 0 Å². The van der Waals surface area contributed by atoms with Crippen molar-refractivity contribution in [3.05, 3.63) is 30.1 Å². The maximum atomic E-state index is 13.1. The molecular weight excluding hydrogens is 309 g/mol. The van der Waals surface area contributed by atoms with Crippen LogP contribution in [-0.2, 0) is 9.59 Å². The minimum atomic E-state index is -0.241. The van der Waals surface area contributed by atoms with Gasteiger partial charge in [0.1, 0.15) is 5.82 Å². The van der Waals surface area contributed by atoms with E-state index in [4.69, 9.17) is 0 Å². The van der Waals surface area contributed by atoms with Crippen LogP contribution < -0.4 is 4.90 Å². The first kappa shape index (κ1) is 16.7. The Hall–Kier alpha value is -2.11. The second kappa shape index (κ2) is 7.20. The van der Waals surface area contributed by atoms with Gasteiger partial charge in [-0.25, -0.2) is 4.39 Å². The third kappa shape index (κ3) is 3.68. The van der Waals surface area contributed by atoms with Crippen molar-refractivity contribution >= 4 is 17.5 Å². The molecule has 0 aliphatic carbocycles. The number of anilines is 1. The van der Waals surface area contributed by atoms with E-state index in [-0.39, 0.29) is 30.2 Å². The molecular formula is C18H24FN3O2. The number of hydrogen-bond donors (Lipinski definition) is 0. The Labute approximate surface area is 142 Å². The monoisotopic (exact) mass is 333 g/mol. The fourth-order valence-corrected chi connectivity index (χ4v) is 3.44. The molecule has 0 bridgehead atoms. The normalized spacial score (nSPS) is 22.0. The summed E-state index contributed by atoms with van der Waals surface area (Å²) in [4.78, 5) is 30.1. The molecule has 6 heteroatoms. The molecule has 2 aliphatic heterocycles. The number of rotatable bonds is 3. The zero-order valence-electron chi connectivity index (χ0n) is 14.1. The Kier molecular flexibility index (Phi) is 5.02. The Balaban J connectivity index is 1.57. The van der Waals surface area contributed by atoms with Crippen LogP contribution in [0.25, 0.3) is 0 Å². The summed E-state index contributed by atoms with van der Waals surface area (Å²) >= 11 is 0. The molecule has 2 amide bonds. The van der Waals surface area contributed by atoms with Crippen LogP contribution in [0.5, 0.6) is 0 Å². The Bertz CT molecular complexity index is 605. The van der Waals surface area contributed by atoms with E-state index in [0.717, 1.165) is 31.6 Å². The lowest BCUT2D eigenvalue weighted by Crippen LogP contribution is -2.44. The topological polar surface area (TPSA) is 43.9 Å². The van der Waals surface area contributed by atoms with Crippen LogP contribution in [0.4, 0.5) is 10.1 Å². The van der Waals surface area contributed by atoms with Crippen molar-refractivity contribution in [2.75, 3.05) is 37.6 Å². The lowest BCUT2D eigenvalue weighted by Gasteiger charge is -2.27. The molecule has 130 valence electrons. The lowest BCUT2D eigenvalue weighted by molar-refractivity contribution is -0.139. The van der Waals surface area contributed by atoms with Crippen LogP contribution in [0.3, 0.4) is 0 Å². The van der Waals surface area contributed by atoms with Gasteiger partial charge in [0, 0.05) is 44.3 Å². The molecule has 1 atom stereocenters. The second-order valence-electron chi connectivity index (χ2n) is 6.61. The molecule has 5 nitrogen and oxygen atoms in total. The van der Waals surface area contributed by atoms with Gasteiger partial charge in [-0.2, -0.15) is 0 Å². The molecule has 2 aliphatic rings. The van der Waals surface area contributed by atoms with Crippen LogP contribution in [0.2, 0.25) is 0 Å². The number of amides is 2. The minimum absolute atomic E-state index is 0.0260. The minimum Gasteiger partial charge on any atom is -0.370 e. The molecule has 0 spiro atoms. The van der Waals surface area contributed by atoms with Crippen LogP contribution in [0.1, 0.15) is 26.2 Å². The van der Waals surface area contributed by atoms with Crippen LogP contribution in [0, 0.1) is 5.82 Å². The van der Waals surface area contributed by atoms with Crippen LogP contribution in [0.15, 0.2) is 24.3 Å². The number of likely N-dealkylation sites (tertiary alicyclic amines) is 1. The smallest absolute Gasteiger partial charge is 0.242 e. The molecule has 2 heterocycles. The SMILES string of the molecule is CC1CCC(=O)N1CC(=O)N1CCCN(c2ccc(F)cc2)CC1. The molecule has 3 rings (SSSR count). The third-order valence-corrected chi connectivity index (χ3v) is 4.97. The summed E-state index contributed by atoms with van der Waals surface area (Å²) < 4.78 is 13.1. The van der Waals surface area contributed by atoms with Crippen LogP contribution in [-0.4, -0.2) is 60.4 Å². The molecule has 0 radical (unpaired) electrons. The van der Waals surface area contributed by atoms with Crippen molar-refractivity contribution in [3.8, 4) is 0 Å². The number of carbonyl (C=O) groups excluding carboxylic acids is 2. The number of benzene rings is 1. The maximum Gasteiger partial charge on any atom is 0.242 e. The zero-order chi connectivity index (χ0) is 17.1. The average Bonchev–Trinajstić information content (AvgIpc) is 2.79. The van der Waals surface area contributed by atoms with Gasteiger partial charge < -0.3 is 14.7 Å². The van der Waals surface area contributed by atoms with E-state index in [1.165, 1.54) is 12.1 Å². The summed E-state index contributed by atoms with van der Waals surface area (Å²) in [7, 11) is 0. The van der Waals surface area contributed by atoms with Gasteiger partial charge in [-0.15, -0.1) is 0 Å². The molecule has 0 N–H and O–H groups in total. The molecule has 0 saturated carbocycles. The molecule has 1 aromatic carbocycles. The predicted octanol–water partition coefficient (Wildman–Crippen LogP) is 1.88. The number of halogens is 1. The molecule has 1 aromatic rings. The molecule has 1 unspecified atom stereocenters. The highest BCUT2D eigenvalue weighted by Gasteiger charge is 2.30. The lowest BCUT2D eigenvalue weighted by atomic mass is 10.2. The first-order chi connectivity index (χ1) is 11.5. The Morgan fingerprint density at radius 3 is 2.58 bits per heavy atom. The summed E-state index contributed by atoms with van der Waals surface area (Å²) in [5, 5.41) is 0. The first-order valence-electron chi connectivity index (χ1n) is 8.62. The largest absolute Gasteiger partial charge is 0.370 e. The highest BCUT2D eigenvalue weighted by molar-refractivity contribution is 5.86. The van der Waals surface area contributed by atoms with Crippen molar-refractivity contribution in [2.24, 2.45) is 0 Å². The van der Waals surface area contributed by atoms with E-state index in [1.807, 2.05) is 11.8 Å². The van der Waals surface area contributed by atoms with Gasteiger partial charge in [-0.3, -0.25) is 9.59 Å². The highest BCUT2D eigenvalue weighted by atomic mass is 19.1. The van der Waals surface area contributed by atoms with Crippen LogP contribution >= 0.6 is 0 Å². The van der Waals surface area contributed by atoms with Crippen molar-refractivity contribution < 1.29 is 14.0 Å². The summed E-state index contributed by atoms with van der Waals surface area (Å²) in [6.07, 6.45) is 2.25. The summed E-state index contributed by atoms with van der Waals surface area (Å²) in [5.74, 6) is -0.133. The number of nitrogens with zero attached hydrogens (tertiary/aromatic N) is 3. The molecule has 0 aromatic heterocycles. The van der Waals surface area contributed by atoms with E-state index in [2.05, 4.69) is 4.90 Å². The average molecular weight is 333 g/mol. The quantitative estimate of drug-likeness (QED) is 0.848. The molecule has 2 saturated heterocycles. The maximum absolute atomic E-state index is 13.1. The van der Waals surface area contributed by atoms with Gasteiger partial charge in [-0.1, -0.05) is 0 Å². The summed E-state index contributed by atoms with van der Waals surface area (Å²) in [6, 6.07) is 6.63. The number of hydrogen-bond acceptors (Lipinski definition) is 3. The number of carbonyl (C=O) groups is 2. The second-order valence-corrected chi connectivity index (χ2v) is 6.61. The Morgan fingerprint density at radius 2 is 1.92 bits per heavy atom. The van der Waals surface area contributed by atoms with Gasteiger partial charge in [0.25, 0.3) is 0 Å². The molecule has 24 heavy (non-hydrogen) atoms. The first-order valence-corrected chi connectivity index (χ1v) is 8.62. The van der Waals surface area contributed by atoms with Gasteiger partial charge >= 0.3 is 0 Å². The van der Waals surface area contributed by atoms with E-state index in [0.29, 0.717) is 19.5 Å². The highest BCUT2D eigenvalue weighted by Crippen LogP contribution is 2.19. The van der Waals surface area contributed by atoms with Gasteiger partial charge in [-0.05, 0) is 44.0 Å². The van der Waals surface area contributed by atoms with Gasteiger partial charge in [0.15, 0.2) is 0 Å². The molecule has 2 fully saturated rings. The van der Waals surface area contributed by atoms with E-state index >= 15 is 0 Å². The summed E-state index contributed by atoms with van der Waals surface area (Å²) in [5.41, 5.74) is 0.981. The predicted molar refractivity (Wildman–Crippen MR) is 90.2 cm³/mol. The van der Waals surface area contributed by atoms with E-state index < -0.39 is 0 Å².